The first-order chi connectivity index (χ1) is 10.6. The van der Waals surface area contributed by atoms with E-state index in [1.54, 1.807) is 18.9 Å². The molecule has 0 aliphatic carbocycles. The standard InChI is InChI=1S/C16H20N2O4/c1-4-12-11(9-10-15(19)20)16(22-3)18(17-12)13-7-5-6-8-14(13)21-2/h5-8H,4,9-10H2,1-3H3,(H,19,20). The highest BCUT2D eigenvalue weighted by Gasteiger charge is 2.21. The van der Waals surface area contributed by atoms with Crippen LogP contribution in [-0.4, -0.2) is 35.1 Å². The molecule has 6 nitrogen and oxygen atoms in total. The van der Waals surface area contributed by atoms with Crippen molar-refractivity contribution in [3.05, 3.63) is 35.5 Å². The molecule has 0 radical (unpaired) electrons. The molecule has 1 N–H and O–H groups in total. The lowest BCUT2D eigenvalue weighted by Gasteiger charge is -2.11. The maximum Gasteiger partial charge on any atom is 0.303 e. The van der Waals surface area contributed by atoms with Crippen molar-refractivity contribution in [3.63, 3.8) is 0 Å². The molecule has 6 heteroatoms. The summed E-state index contributed by atoms with van der Waals surface area (Å²) in [6.07, 6.45) is 1.13. The molecule has 2 aromatic rings. The predicted molar refractivity (Wildman–Crippen MR) is 82.0 cm³/mol. The fourth-order valence-electron chi connectivity index (χ4n) is 2.42. The largest absolute Gasteiger partial charge is 0.494 e. The van der Waals surface area contributed by atoms with E-state index in [0.29, 0.717) is 24.5 Å². The Morgan fingerprint density at radius 2 is 2.00 bits per heavy atom. The number of aromatic nitrogens is 2. The van der Waals surface area contributed by atoms with Crippen molar-refractivity contribution in [2.45, 2.75) is 26.2 Å². The lowest BCUT2D eigenvalue weighted by molar-refractivity contribution is -0.136. The third kappa shape index (κ3) is 3.05. The monoisotopic (exact) mass is 304 g/mol. The zero-order valence-electron chi connectivity index (χ0n) is 13.0. The number of benzene rings is 1. The molecular formula is C16H20N2O4. The summed E-state index contributed by atoms with van der Waals surface area (Å²) in [6.45, 7) is 1.98. The number of aliphatic carboxylic acids is 1. The van der Waals surface area contributed by atoms with Crippen LogP contribution in [0.5, 0.6) is 11.6 Å². The second-order valence-corrected chi connectivity index (χ2v) is 4.77. The van der Waals surface area contributed by atoms with Crippen LogP contribution >= 0.6 is 0 Å². The quantitative estimate of drug-likeness (QED) is 0.850. The van der Waals surface area contributed by atoms with Crippen molar-refractivity contribution in [3.8, 4) is 17.3 Å². The number of nitrogens with zero attached hydrogens (tertiary/aromatic N) is 2. The molecule has 1 heterocycles. The van der Waals surface area contributed by atoms with Crippen molar-refractivity contribution in [2.24, 2.45) is 0 Å². The fraction of sp³-hybridized carbons (Fsp3) is 0.375. The van der Waals surface area contributed by atoms with Gasteiger partial charge in [0, 0.05) is 12.0 Å². The van der Waals surface area contributed by atoms with E-state index in [4.69, 9.17) is 14.6 Å². The Morgan fingerprint density at radius 3 is 2.59 bits per heavy atom. The molecule has 118 valence electrons. The Morgan fingerprint density at radius 1 is 1.27 bits per heavy atom. The van der Waals surface area contributed by atoms with Gasteiger partial charge in [0.05, 0.1) is 19.9 Å². The number of carboxylic acid groups (broad SMARTS) is 1. The summed E-state index contributed by atoms with van der Waals surface area (Å²) < 4.78 is 12.5. The smallest absolute Gasteiger partial charge is 0.303 e. The molecule has 1 aromatic carbocycles. The van der Waals surface area contributed by atoms with Gasteiger partial charge >= 0.3 is 5.97 Å². The normalized spacial score (nSPS) is 10.5. The van der Waals surface area contributed by atoms with Crippen molar-refractivity contribution < 1.29 is 19.4 Å². The first-order valence-electron chi connectivity index (χ1n) is 7.12. The second-order valence-electron chi connectivity index (χ2n) is 4.77. The molecule has 0 saturated carbocycles. The molecule has 0 saturated heterocycles. The van der Waals surface area contributed by atoms with Crippen molar-refractivity contribution in [2.75, 3.05) is 14.2 Å². The van der Waals surface area contributed by atoms with Gasteiger partial charge < -0.3 is 14.6 Å². The molecule has 1 aromatic heterocycles. The predicted octanol–water partition coefficient (Wildman–Crippen LogP) is 2.47. The molecule has 0 fully saturated rings. The number of hydrogen-bond donors (Lipinski definition) is 1. The molecular weight excluding hydrogens is 284 g/mol. The van der Waals surface area contributed by atoms with E-state index >= 15 is 0 Å². The van der Waals surface area contributed by atoms with E-state index in [9.17, 15) is 4.79 Å². The lowest BCUT2D eigenvalue weighted by Crippen LogP contribution is -2.03. The third-order valence-electron chi connectivity index (χ3n) is 3.45. The first-order valence-corrected chi connectivity index (χ1v) is 7.12. The molecule has 2 rings (SSSR count). The summed E-state index contributed by atoms with van der Waals surface area (Å²) >= 11 is 0. The molecule has 0 unspecified atom stereocenters. The van der Waals surface area contributed by atoms with E-state index in [0.717, 1.165) is 16.9 Å². The zero-order valence-corrected chi connectivity index (χ0v) is 13.0. The summed E-state index contributed by atoms with van der Waals surface area (Å²) in [5.41, 5.74) is 2.43. The van der Waals surface area contributed by atoms with Crippen LogP contribution in [0.4, 0.5) is 0 Å². The molecule has 0 bridgehead atoms. The van der Waals surface area contributed by atoms with E-state index in [2.05, 4.69) is 5.10 Å². The van der Waals surface area contributed by atoms with Crippen LogP contribution < -0.4 is 9.47 Å². The summed E-state index contributed by atoms with van der Waals surface area (Å²) in [4.78, 5) is 10.9. The molecule has 0 aliphatic heterocycles. The van der Waals surface area contributed by atoms with Crippen LogP contribution in [0.1, 0.15) is 24.6 Å². The van der Waals surface area contributed by atoms with Gasteiger partial charge in [-0.25, -0.2) is 0 Å². The van der Waals surface area contributed by atoms with Crippen molar-refractivity contribution in [1.82, 2.24) is 9.78 Å². The average molecular weight is 304 g/mol. The Balaban J connectivity index is 2.54. The lowest BCUT2D eigenvalue weighted by atomic mass is 10.1. The summed E-state index contributed by atoms with van der Waals surface area (Å²) in [5.74, 6) is 0.396. The number of para-hydroxylation sites is 2. The number of methoxy groups -OCH3 is 2. The fourth-order valence-corrected chi connectivity index (χ4v) is 2.42. The summed E-state index contributed by atoms with van der Waals surface area (Å²) in [7, 11) is 3.16. The zero-order chi connectivity index (χ0) is 16.1. The first kappa shape index (κ1) is 15.9. The highest BCUT2D eigenvalue weighted by molar-refractivity contribution is 5.67. The minimum atomic E-state index is -0.839. The number of rotatable bonds is 7. The van der Waals surface area contributed by atoms with Gasteiger partial charge in [-0.2, -0.15) is 9.78 Å². The number of carboxylic acids is 1. The van der Waals surface area contributed by atoms with Gasteiger partial charge in [0.15, 0.2) is 0 Å². The highest BCUT2D eigenvalue weighted by atomic mass is 16.5. The van der Waals surface area contributed by atoms with Crippen LogP contribution in [-0.2, 0) is 17.6 Å². The van der Waals surface area contributed by atoms with Gasteiger partial charge in [0.25, 0.3) is 0 Å². The van der Waals surface area contributed by atoms with Gasteiger partial charge in [-0.15, -0.1) is 0 Å². The van der Waals surface area contributed by atoms with Gasteiger partial charge in [-0.05, 0) is 25.0 Å². The van der Waals surface area contributed by atoms with E-state index in [-0.39, 0.29) is 6.42 Å². The van der Waals surface area contributed by atoms with E-state index in [1.807, 2.05) is 31.2 Å². The number of carbonyl (C=O) groups is 1. The van der Waals surface area contributed by atoms with Gasteiger partial charge in [-0.1, -0.05) is 19.1 Å². The van der Waals surface area contributed by atoms with E-state index < -0.39 is 5.97 Å². The minimum Gasteiger partial charge on any atom is -0.494 e. The number of hydrogen-bond acceptors (Lipinski definition) is 4. The summed E-state index contributed by atoms with van der Waals surface area (Å²) in [5, 5.41) is 13.5. The van der Waals surface area contributed by atoms with Gasteiger partial charge in [0.2, 0.25) is 5.88 Å². The van der Waals surface area contributed by atoms with Crippen LogP contribution in [0.3, 0.4) is 0 Å². The van der Waals surface area contributed by atoms with Crippen LogP contribution in [0.15, 0.2) is 24.3 Å². The molecule has 0 atom stereocenters. The Kier molecular flexibility index (Phi) is 5.04. The average Bonchev–Trinajstić information content (AvgIpc) is 2.90. The maximum atomic E-state index is 10.9. The van der Waals surface area contributed by atoms with Gasteiger partial charge in [0.1, 0.15) is 11.4 Å². The Bertz CT molecular complexity index is 664. The second kappa shape index (κ2) is 6.98. The third-order valence-corrected chi connectivity index (χ3v) is 3.45. The van der Waals surface area contributed by atoms with Crippen LogP contribution in [0.2, 0.25) is 0 Å². The summed E-state index contributed by atoms with van der Waals surface area (Å²) in [6, 6.07) is 7.50. The molecule has 0 aliphatic rings. The van der Waals surface area contributed by atoms with Crippen molar-refractivity contribution >= 4 is 5.97 Å². The van der Waals surface area contributed by atoms with Crippen LogP contribution in [0.25, 0.3) is 5.69 Å². The maximum absolute atomic E-state index is 10.9. The molecule has 0 amide bonds. The number of aryl methyl sites for hydroxylation is 1. The van der Waals surface area contributed by atoms with Gasteiger partial charge in [-0.3, -0.25) is 4.79 Å². The van der Waals surface area contributed by atoms with Crippen molar-refractivity contribution in [1.29, 1.82) is 0 Å². The van der Waals surface area contributed by atoms with Crippen LogP contribution in [0, 0.1) is 0 Å². The Hall–Kier alpha value is -2.50. The SMILES string of the molecule is CCc1nn(-c2ccccc2OC)c(OC)c1CCC(=O)O. The molecule has 0 spiro atoms. The molecule has 22 heavy (non-hydrogen) atoms. The van der Waals surface area contributed by atoms with E-state index in [1.165, 1.54) is 0 Å². The number of ether oxygens (including phenoxy) is 2. The Labute approximate surface area is 129 Å². The topological polar surface area (TPSA) is 73.6 Å². The minimum absolute atomic E-state index is 0.0426. The highest BCUT2D eigenvalue weighted by Crippen LogP contribution is 2.31.